The Balaban J connectivity index is 1.56. The Morgan fingerprint density at radius 3 is 2.62 bits per heavy atom. The molecule has 0 amide bonds. The van der Waals surface area contributed by atoms with Gasteiger partial charge in [0, 0.05) is 12.1 Å². The van der Waals surface area contributed by atoms with Crippen molar-refractivity contribution in [3.8, 4) is 5.75 Å². The van der Waals surface area contributed by atoms with E-state index >= 15 is 0 Å². The first kappa shape index (κ1) is 24.3. The minimum Gasteiger partial charge on any atom is -0.488 e. The highest BCUT2D eigenvalue weighted by Crippen LogP contribution is 2.37. The predicted octanol–water partition coefficient (Wildman–Crippen LogP) is 3.91. The second-order valence-corrected chi connectivity index (χ2v) is 11.0. The maximum atomic E-state index is 14.1. The zero-order valence-electron chi connectivity index (χ0n) is 18.9. The van der Waals surface area contributed by atoms with Crippen molar-refractivity contribution in [3.05, 3.63) is 40.8 Å². The summed E-state index contributed by atoms with van der Waals surface area (Å²) < 4.78 is 50.6. The van der Waals surface area contributed by atoms with E-state index in [4.69, 9.17) is 9.47 Å². The minimum atomic E-state index is -3.26. The number of carbonyl (C=O) groups excluding carboxylic acids is 1. The first-order valence-corrected chi connectivity index (χ1v) is 13.4. The lowest BCUT2D eigenvalue weighted by atomic mass is 9.93. The molecular weight excluding hydrogens is 483 g/mol. The van der Waals surface area contributed by atoms with Crippen molar-refractivity contribution in [3.63, 3.8) is 0 Å². The van der Waals surface area contributed by atoms with E-state index in [1.54, 1.807) is 13.0 Å². The largest absolute Gasteiger partial charge is 0.488 e. The first-order valence-electron chi connectivity index (χ1n) is 10.7. The molecule has 4 rings (SSSR count). The van der Waals surface area contributed by atoms with Gasteiger partial charge in [0.25, 0.3) is 0 Å². The van der Waals surface area contributed by atoms with E-state index in [1.807, 2.05) is 0 Å². The summed E-state index contributed by atoms with van der Waals surface area (Å²) in [7, 11) is -1.94. The number of methoxy groups -OCH3 is 1. The third-order valence-corrected chi connectivity index (χ3v) is 7.58. The molecular formula is C22H25FN4O5S2. The maximum Gasteiger partial charge on any atom is 0.348 e. The van der Waals surface area contributed by atoms with Crippen LogP contribution in [0.25, 0.3) is 10.2 Å². The number of carbonyl (C=O) groups is 1. The fraction of sp³-hybridized carbons (Fsp3) is 0.409. The molecule has 1 aliphatic carbocycles. The SMILES string of the molecule is COC(=O)c1sc2ncnc(Nc3ccc(F)cc3OC3CCC(NS(C)(=O)=O)CC3)c2c1C. The molecule has 12 heteroatoms. The van der Waals surface area contributed by atoms with Gasteiger partial charge >= 0.3 is 5.97 Å². The zero-order chi connectivity index (χ0) is 24.5. The van der Waals surface area contributed by atoms with Crippen molar-refractivity contribution in [2.45, 2.75) is 44.8 Å². The molecule has 1 aromatic carbocycles. The highest BCUT2D eigenvalue weighted by atomic mass is 32.2. The van der Waals surface area contributed by atoms with Gasteiger partial charge in [-0.15, -0.1) is 11.3 Å². The van der Waals surface area contributed by atoms with Gasteiger partial charge in [0.1, 0.15) is 33.4 Å². The van der Waals surface area contributed by atoms with Crippen molar-refractivity contribution >= 4 is 49.1 Å². The van der Waals surface area contributed by atoms with Gasteiger partial charge in [-0.3, -0.25) is 0 Å². The van der Waals surface area contributed by atoms with Crippen LogP contribution in [0.15, 0.2) is 24.5 Å². The molecule has 3 aromatic rings. The molecule has 0 spiro atoms. The molecule has 0 aliphatic heterocycles. The fourth-order valence-electron chi connectivity index (χ4n) is 4.06. The van der Waals surface area contributed by atoms with Gasteiger partial charge < -0.3 is 14.8 Å². The van der Waals surface area contributed by atoms with Crippen molar-refractivity contribution in [1.82, 2.24) is 14.7 Å². The molecule has 0 atom stereocenters. The summed E-state index contributed by atoms with van der Waals surface area (Å²) in [5.74, 6) is -0.0995. The second kappa shape index (κ2) is 9.80. The molecule has 2 N–H and O–H groups in total. The van der Waals surface area contributed by atoms with E-state index in [0.29, 0.717) is 63.6 Å². The number of nitrogens with zero attached hydrogens (tertiary/aromatic N) is 2. The Bertz CT molecular complexity index is 1320. The highest BCUT2D eigenvalue weighted by molar-refractivity contribution is 7.88. The topological polar surface area (TPSA) is 120 Å². The van der Waals surface area contributed by atoms with Gasteiger partial charge in [-0.2, -0.15) is 0 Å². The second-order valence-electron chi connectivity index (χ2n) is 8.20. The number of hydrogen-bond donors (Lipinski definition) is 2. The number of benzene rings is 1. The van der Waals surface area contributed by atoms with E-state index in [1.165, 1.54) is 36.9 Å². The summed E-state index contributed by atoms with van der Waals surface area (Å²) in [5, 5.41) is 3.88. The first-order chi connectivity index (χ1) is 16.1. The van der Waals surface area contributed by atoms with Crippen molar-refractivity contribution < 1.29 is 27.1 Å². The quantitative estimate of drug-likeness (QED) is 0.461. The fourth-order valence-corrected chi connectivity index (χ4v) is 5.97. The summed E-state index contributed by atoms with van der Waals surface area (Å²) in [6, 6.07) is 4.07. The molecule has 0 unspecified atom stereocenters. The molecule has 2 heterocycles. The number of thiophene rings is 1. The molecule has 0 saturated heterocycles. The van der Waals surface area contributed by atoms with Gasteiger partial charge in [-0.25, -0.2) is 32.3 Å². The number of rotatable bonds is 7. The zero-order valence-corrected chi connectivity index (χ0v) is 20.6. The van der Waals surface area contributed by atoms with Gasteiger partial charge in [0.15, 0.2) is 0 Å². The third kappa shape index (κ3) is 5.45. The number of nitrogens with one attached hydrogen (secondary N) is 2. The predicted molar refractivity (Wildman–Crippen MR) is 128 cm³/mol. The minimum absolute atomic E-state index is 0.125. The van der Waals surface area contributed by atoms with Crippen LogP contribution in [0.2, 0.25) is 0 Å². The van der Waals surface area contributed by atoms with Crippen LogP contribution in [0.1, 0.15) is 40.9 Å². The number of halogens is 1. The number of esters is 1. The lowest BCUT2D eigenvalue weighted by Crippen LogP contribution is -2.39. The van der Waals surface area contributed by atoms with Crippen LogP contribution in [0.3, 0.4) is 0 Å². The van der Waals surface area contributed by atoms with Crippen molar-refractivity contribution in [1.29, 1.82) is 0 Å². The number of aromatic nitrogens is 2. The Morgan fingerprint density at radius 1 is 1.21 bits per heavy atom. The molecule has 2 aromatic heterocycles. The average Bonchev–Trinajstić information content (AvgIpc) is 3.13. The number of fused-ring (bicyclic) bond motifs is 1. The lowest BCUT2D eigenvalue weighted by Gasteiger charge is -2.29. The molecule has 1 saturated carbocycles. The summed E-state index contributed by atoms with van der Waals surface area (Å²) in [6.07, 6.45) is 4.88. The van der Waals surface area contributed by atoms with Crippen LogP contribution < -0.4 is 14.8 Å². The van der Waals surface area contributed by atoms with E-state index in [0.717, 1.165) is 6.26 Å². The van der Waals surface area contributed by atoms with Crippen molar-refractivity contribution in [2.24, 2.45) is 0 Å². The third-order valence-electron chi connectivity index (χ3n) is 5.64. The standard InChI is InChI=1S/C22H25FN4O5S2/c1-12-18-20(24-11-25-21(18)33-19(12)22(28)31-2)26-16-9-4-13(23)10-17(16)32-15-7-5-14(6-8-15)27-34(3,29)30/h4,9-11,14-15,27H,5-8H2,1-3H3,(H,24,25,26). The number of ether oxygens (including phenoxy) is 2. The van der Waals surface area contributed by atoms with E-state index in [-0.39, 0.29) is 12.1 Å². The van der Waals surface area contributed by atoms with Crippen LogP contribution in [0.5, 0.6) is 5.75 Å². The summed E-state index contributed by atoms with van der Waals surface area (Å²) >= 11 is 1.21. The smallest absolute Gasteiger partial charge is 0.348 e. The van der Waals surface area contributed by atoms with Crippen LogP contribution in [0.4, 0.5) is 15.9 Å². The van der Waals surface area contributed by atoms with Crippen LogP contribution in [-0.4, -0.2) is 49.9 Å². The Hall–Kier alpha value is -2.83. The molecule has 0 bridgehead atoms. The molecule has 182 valence electrons. The molecule has 9 nitrogen and oxygen atoms in total. The van der Waals surface area contributed by atoms with E-state index in [9.17, 15) is 17.6 Å². The number of hydrogen-bond acceptors (Lipinski definition) is 9. The van der Waals surface area contributed by atoms with E-state index in [2.05, 4.69) is 20.0 Å². The van der Waals surface area contributed by atoms with Crippen LogP contribution >= 0.6 is 11.3 Å². The Labute approximate surface area is 200 Å². The lowest BCUT2D eigenvalue weighted by molar-refractivity contribution is 0.0605. The summed E-state index contributed by atoms with van der Waals surface area (Å²) in [6.45, 7) is 1.80. The normalized spacial score (nSPS) is 18.6. The highest BCUT2D eigenvalue weighted by Gasteiger charge is 2.26. The van der Waals surface area contributed by atoms with Crippen molar-refractivity contribution in [2.75, 3.05) is 18.7 Å². The van der Waals surface area contributed by atoms with E-state index < -0.39 is 21.8 Å². The number of aryl methyl sites for hydroxylation is 1. The Kier molecular flexibility index (Phi) is 7.01. The molecule has 0 radical (unpaired) electrons. The molecule has 34 heavy (non-hydrogen) atoms. The summed E-state index contributed by atoms with van der Waals surface area (Å²) in [4.78, 5) is 21.8. The summed E-state index contributed by atoms with van der Waals surface area (Å²) in [5.41, 5.74) is 1.21. The van der Waals surface area contributed by atoms with Crippen LogP contribution in [0, 0.1) is 12.7 Å². The number of sulfonamides is 1. The monoisotopic (exact) mass is 508 g/mol. The molecule has 1 fully saturated rings. The average molecular weight is 509 g/mol. The van der Waals surface area contributed by atoms with Gasteiger partial charge in [0.2, 0.25) is 10.0 Å². The van der Waals surface area contributed by atoms with Gasteiger partial charge in [-0.05, 0) is 50.3 Å². The molecule has 1 aliphatic rings. The van der Waals surface area contributed by atoms with Gasteiger partial charge in [-0.1, -0.05) is 0 Å². The van der Waals surface area contributed by atoms with Gasteiger partial charge in [0.05, 0.1) is 30.5 Å². The Morgan fingerprint density at radius 2 is 1.94 bits per heavy atom. The van der Waals surface area contributed by atoms with Crippen LogP contribution in [-0.2, 0) is 14.8 Å². The number of anilines is 2. The maximum absolute atomic E-state index is 14.1.